The fourth-order valence-corrected chi connectivity index (χ4v) is 3.81. The van der Waals surface area contributed by atoms with Crippen molar-refractivity contribution in [3.05, 3.63) is 63.0 Å². The predicted molar refractivity (Wildman–Crippen MR) is 119 cm³/mol. The SMILES string of the molecule is COc1cc(/C=C2\SC(=O)N(Cc3ccc(Br)cc3)C2=O)ccc1OCC(C)C. The van der Waals surface area contributed by atoms with E-state index in [1.165, 1.54) is 4.90 Å². The van der Waals surface area contributed by atoms with Crippen molar-refractivity contribution >= 4 is 44.9 Å². The molecule has 3 rings (SSSR count). The van der Waals surface area contributed by atoms with Crippen LogP contribution in [0, 0.1) is 5.92 Å². The highest BCUT2D eigenvalue weighted by Crippen LogP contribution is 2.35. The van der Waals surface area contributed by atoms with Gasteiger partial charge in [-0.3, -0.25) is 14.5 Å². The lowest BCUT2D eigenvalue weighted by atomic mass is 10.1. The molecule has 5 nitrogen and oxygen atoms in total. The summed E-state index contributed by atoms with van der Waals surface area (Å²) >= 11 is 4.33. The number of benzene rings is 2. The summed E-state index contributed by atoms with van der Waals surface area (Å²) in [6.45, 7) is 4.99. The van der Waals surface area contributed by atoms with Crippen LogP contribution in [-0.2, 0) is 11.3 Å². The Kier molecular flexibility index (Phi) is 7.03. The van der Waals surface area contributed by atoms with E-state index in [2.05, 4.69) is 29.8 Å². The van der Waals surface area contributed by atoms with Crippen molar-refractivity contribution in [1.29, 1.82) is 0 Å². The molecule has 7 heteroatoms. The van der Waals surface area contributed by atoms with Crippen LogP contribution in [0.1, 0.15) is 25.0 Å². The minimum Gasteiger partial charge on any atom is -0.493 e. The molecule has 0 N–H and O–H groups in total. The molecule has 0 saturated carbocycles. The van der Waals surface area contributed by atoms with E-state index >= 15 is 0 Å². The summed E-state index contributed by atoms with van der Waals surface area (Å²) in [6, 6.07) is 13.0. The Bertz CT molecular complexity index is 940. The van der Waals surface area contributed by atoms with E-state index in [4.69, 9.17) is 9.47 Å². The number of thioether (sulfide) groups is 1. The molecule has 0 aliphatic carbocycles. The van der Waals surface area contributed by atoms with E-state index in [0.717, 1.165) is 27.4 Å². The van der Waals surface area contributed by atoms with Crippen LogP contribution in [0.5, 0.6) is 11.5 Å². The van der Waals surface area contributed by atoms with Gasteiger partial charge in [-0.15, -0.1) is 0 Å². The second-order valence-electron chi connectivity index (χ2n) is 7.01. The van der Waals surface area contributed by atoms with E-state index in [9.17, 15) is 9.59 Å². The van der Waals surface area contributed by atoms with Crippen LogP contribution >= 0.6 is 27.7 Å². The number of hydrogen-bond acceptors (Lipinski definition) is 5. The van der Waals surface area contributed by atoms with Crippen LogP contribution in [0.4, 0.5) is 4.79 Å². The molecule has 0 spiro atoms. The third-order valence-corrected chi connectivity index (χ3v) is 5.62. The van der Waals surface area contributed by atoms with Crippen LogP contribution in [0.25, 0.3) is 6.08 Å². The molecule has 1 fully saturated rings. The van der Waals surface area contributed by atoms with Crippen molar-refractivity contribution in [3.8, 4) is 11.5 Å². The van der Waals surface area contributed by atoms with E-state index < -0.39 is 0 Å². The molecule has 152 valence electrons. The maximum Gasteiger partial charge on any atom is 0.293 e. The number of halogens is 1. The summed E-state index contributed by atoms with van der Waals surface area (Å²) < 4.78 is 12.1. The molecular formula is C22H22BrNO4S. The van der Waals surface area contributed by atoms with Gasteiger partial charge in [-0.05, 0) is 59.1 Å². The average molecular weight is 476 g/mol. The van der Waals surface area contributed by atoms with Crippen LogP contribution < -0.4 is 9.47 Å². The Hall–Kier alpha value is -2.25. The summed E-state index contributed by atoms with van der Waals surface area (Å²) in [4.78, 5) is 26.8. The number of ether oxygens (including phenoxy) is 2. The fourth-order valence-electron chi connectivity index (χ4n) is 2.71. The number of nitrogens with zero attached hydrogens (tertiary/aromatic N) is 1. The third kappa shape index (κ3) is 5.42. The minimum absolute atomic E-state index is 0.251. The van der Waals surface area contributed by atoms with Crippen molar-refractivity contribution in [3.63, 3.8) is 0 Å². The monoisotopic (exact) mass is 475 g/mol. The zero-order valence-electron chi connectivity index (χ0n) is 16.5. The van der Waals surface area contributed by atoms with Gasteiger partial charge in [0.05, 0.1) is 25.2 Å². The second kappa shape index (κ2) is 9.50. The maximum atomic E-state index is 12.7. The number of amides is 2. The Labute approximate surface area is 183 Å². The number of rotatable bonds is 7. The van der Waals surface area contributed by atoms with E-state index in [1.807, 2.05) is 36.4 Å². The Morgan fingerprint density at radius 3 is 2.48 bits per heavy atom. The number of carbonyl (C=O) groups excluding carboxylic acids is 2. The highest BCUT2D eigenvalue weighted by Gasteiger charge is 2.35. The average Bonchev–Trinajstić information content (AvgIpc) is 2.95. The van der Waals surface area contributed by atoms with Crippen LogP contribution in [0.2, 0.25) is 0 Å². The van der Waals surface area contributed by atoms with Gasteiger partial charge in [0.2, 0.25) is 0 Å². The fraction of sp³-hybridized carbons (Fsp3) is 0.273. The van der Waals surface area contributed by atoms with Gasteiger partial charge in [0.25, 0.3) is 11.1 Å². The first-order valence-electron chi connectivity index (χ1n) is 9.18. The van der Waals surface area contributed by atoms with E-state index in [-0.39, 0.29) is 17.7 Å². The zero-order valence-corrected chi connectivity index (χ0v) is 18.9. The van der Waals surface area contributed by atoms with Gasteiger partial charge < -0.3 is 9.47 Å². The molecule has 2 amide bonds. The molecule has 2 aromatic rings. The van der Waals surface area contributed by atoms with E-state index in [1.54, 1.807) is 19.3 Å². The first-order chi connectivity index (χ1) is 13.9. The second-order valence-corrected chi connectivity index (χ2v) is 8.92. The van der Waals surface area contributed by atoms with Crippen molar-refractivity contribution in [2.75, 3.05) is 13.7 Å². The molecule has 1 heterocycles. The van der Waals surface area contributed by atoms with Gasteiger partial charge >= 0.3 is 0 Å². The van der Waals surface area contributed by atoms with Crippen molar-refractivity contribution < 1.29 is 19.1 Å². The van der Waals surface area contributed by atoms with Gasteiger partial charge in [0, 0.05) is 4.47 Å². The lowest BCUT2D eigenvalue weighted by Crippen LogP contribution is -2.27. The van der Waals surface area contributed by atoms with Gasteiger partial charge in [-0.1, -0.05) is 48.0 Å². The van der Waals surface area contributed by atoms with Crippen LogP contribution in [-0.4, -0.2) is 29.8 Å². The van der Waals surface area contributed by atoms with Gasteiger partial charge in [0.1, 0.15) is 0 Å². The lowest BCUT2D eigenvalue weighted by Gasteiger charge is -2.13. The summed E-state index contributed by atoms with van der Waals surface area (Å²) in [7, 11) is 1.58. The molecule has 0 bridgehead atoms. The molecule has 1 saturated heterocycles. The summed E-state index contributed by atoms with van der Waals surface area (Å²) in [6.07, 6.45) is 1.71. The summed E-state index contributed by atoms with van der Waals surface area (Å²) in [5, 5.41) is -0.270. The third-order valence-electron chi connectivity index (χ3n) is 4.19. The molecule has 1 aliphatic heterocycles. The smallest absolute Gasteiger partial charge is 0.293 e. The van der Waals surface area contributed by atoms with Crippen LogP contribution in [0.3, 0.4) is 0 Å². The zero-order chi connectivity index (χ0) is 21.0. The highest BCUT2D eigenvalue weighted by molar-refractivity contribution is 9.10. The van der Waals surface area contributed by atoms with Gasteiger partial charge in [0.15, 0.2) is 11.5 Å². The molecular weight excluding hydrogens is 454 g/mol. The molecule has 0 unspecified atom stereocenters. The largest absolute Gasteiger partial charge is 0.493 e. The Morgan fingerprint density at radius 2 is 1.83 bits per heavy atom. The number of hydrogen-bond donors (Lipinski definition) is 0. The maximum absolute atomic E-state index is 12.7. The van der Waals surface area contributed by atoms with Crippen molar-refractivity contribution in [2.24, 2.45) is 5.92 Å². The van der Waals surface area contributed by atoms with Gasteiger partial charge in [-0.25, -0.2) is 0 Å². The first-order valence-corrected chi connectivity index (χ1v) is 10.8. The minimum atomic E-state index is -0.290. The van der Waals surface area contributed by atoms with Crippen LogP contribution in [0.15, 0.2) is 51.8 Å². The Balaban J connectivity index is 1.77. The standard InChI is InChI=1S/C22H22BrNO4S/c1-14(2)13-28-18-9-6-16(10-19(18)27-3)11-20-21(25)24(22(26)29-20)12-15-4-7-17(23)8-5-15/h4-11,14H,12-13H2,1-3H3/b20-11-. The number of imide groups is 1. The highest BCUT2D eigenvalue weighted by atomic mass is 79.9. The number of carbonyl (C=O) groups is 2. The molecule has 2 aromatic carbocycles. The quantitative estimate of drug-likeness (QED) is 0.478. The Morgan fingerprint density at radius 1 is 1.10 bits per heavy atom. The first kappa shape index (κ1) is 21.5. The molecule has 0 radical (unpaired) electrons. The molecule has 1 aliphatic rings. The molecule has 29 heavy (non-hydrogen) atoms. The summed E-state index contributed by atoms with van der Waals surface area (Å²) in [5.74, 6) is 1.36. The van der Waals surface area contributed by atoms with E-state index in [0.29, 0.717) is 28.9 Å². The van der Waals surface area contributed by atoms with Gasteiger partial charge in [-0.2, -0.15) is 0 Å². The van der Waals surface area contributed by atoms with Crippen molar-refractivity contribution in [2.45, 2.75) is 20.4 Å². The summed E-state index contributed by atoms with van der Waals surface area (Å²) in [5.41, 5.74) is 1.66. The molecule has 0 aromatic heterocycles. The molecule has 0 atom stereocenters. The predicted octanol–water partition coefficient (Wildman–Crippen LogP) is 5.73. The normalized spacial score (nSPS) is 15.5. The topological polar surface area (TPSA) is 55.8 Å². The number of methoxy groups -OCH3 is 1. The lowest BCUT2D eigenvalue weighted by molar-refractivity contribution is -0.123. The van der Waals surface area contributed by atoms with Crippen molar-refractivity contribution in [1.82, 2.24) is 4.90 Å².